The Morgan fingerprint density at radius 2 is 1.75 bits per heavy atom. The molecule has 4 atom stereocenters. The summed E-state index contributed by atoms with van der Waals surface area (Å²) in [6.45, 7) is 4.87. The summed E-state index contributed by atoms with van der Waals surface area (Å²) in [7, 11) is 0. The van der Waals surface area contributed by atoms with Gasteiger partial charge in [0, 0.05) is 16.6 Å². The lowest BCUT2D eigenvalue weighted by Gasteiger charge is -2.34. The third-order valence-corrected chi connectivity index (χ3v) is 6.83. The van der Waals surface area contributed by atoms with E-state index in [1.165, 1.54) is 19.1 Å². The lowest BCUT2D eigenvalue weighted by Crippen LogP contribution is -2.59. The predicted octanol–water partition coefficient (Wildman–Crippen LogP) is 3.47. The van der Waals surface area contributed by atoms with Gasteiger partial charge in [0.25, 0.3) is 0 Å². The summed E-state index contributed by atoms with van der Waals surface area (Å²) in [6.07, 6.45) is 0. The van der Waals surface area contributed by atoms with Gasteiger partial charge in [-0.15, -0.1) is 0 Å². The third-order valence-electron chi connectivity index (χ3n) is 6.60. The number of carboxylic acid groups (broad SMARTS) is 1. The molecule has 2 aromatic rings. The van der Waals surface area contributed by atoms with Gasteiger partial charge in [-0.1, -0.05) is 37.6 Å². The van der Waals surface area contributed by atoms with E-state index in [-0.39, 0.29) is 5.78 Å². The van der Waals surface area contributed by atoms with Gasteiger partial charge in [0.1, 0.15) is 5.54 Å². The van der Waals surface area contributed by atoms with Gasteiger partial charge in [-0.2, -0.15) is 0 Å². The van der Waals surface area contributed by atoms with Crippen molar-refractivity contribution in [1.29, 1.82) is 0 Å². The number of Topliss-reactive ketones (excluding diaryl/α,β-unsaturated/α-hetero) is 1. The number of rotatable bonds is 5. The van der Waals surface area contributed by atoms with Crippen LogP contribution in [0, 0.1) is 17.8 Å². The zero-order valence-corrected chi connectivity index (χ0v) is 18.6. The topological polar surface area (TPSA) is 104 Å². The summed E-state index contributed by atoms with van der Waals surface area (Å²) >= 11 is 6.16. The number of halogens is 1. The number of anilines is 1. The van der Waals surface area contributed by atoms with Crippen molar-refractivity contribution in [2.45, 2.75) is 32.4 Å². The molecule has 7 nitrogen and oxygen atoms in total. The number of carbonyl (C=O) groups is 4. The first-order chi connectivity index (χ1) is 15.1. The van der Waals surface area contributed by atoms with Crippen molar-refractivity contribution in [3.8, 4) is 0 Å². The molecule has 2 saturated heterocycles. The van der Waals surface area contributed by atoms with Crippen LogP contribution in [0.25, 0.3) is 0 Å². The van der Waals surface area contributed by atoms with E-state index in [0.717, 1.165) is 4.90 Å². The standard InChI is InChI=1S/C24H23ClN2O5/c1-12(2)24(23(31)32)19-18(20(26-24)15-5-4-6-16(25)11-15)21(29)27(22(19)30)17-9-7-14(8-10-17)13(3)28/h4-12,18-20,26H,1-3H3,(H,31,32). The van der Waals surface area contributed by atoms with Gasteiger partial charge in [-0.3, -0.25) is 24.5 Å². The summed E-state index contributed by atoms with van der Waals surface area (Å²) in [5.41, 5.74) is -0.217. The molecule has 0 aliphatic carbocycles. The molecule has 8 heteroatoms. The van der Waals surface area contributed by atoms with Crippen LogP contribution in [0.3, 0.4) is 0 Å². The van der Waals surface area contributed by atoms with Gasteiger partial charge >= 0.3 is 5.97 Å². The van der Waals surface area contributed by atoms with Crippen molar-refractivity contribution >= 4 is 40.9 Å². The average Bonchev–Trinajstić information content (AvgIpc) is 3.23. The minimum atomic E-state index is -1.63. The van der Waals surface area contributed by atoms with Crippen LogP contribution in [-0.4, -0.2) is 34.2 Å². The maximum absolute atomic E-state index is 13.6. The van der Waals surface area contributed by atoms with Crippen molar-refractivity contribution in [2.24, 2.45) is 17.8 Å². The fourth-order valence-electron chi connectivity index (χ4n) is 5.00. The SMILES string of the molecule is CC(=O)c1ccc(N2C(=O)C3C(c4cccc(Cl)c4)NC(C(=O)O)(C(C)C)C3C2=O)cc1. The van der Waals surface area contributed by atoms with Crippen LogP contribution in [0.2, 0.25) is 5.02 Å². The van der Waals surface area contributed by atoms with Gasteiger partial charge in [0.05, 0.1) is 17.5 Å². The molecule has 2 fully saturated rings. The van der Waals surface area contributed by atoms with E-state index < -0.39 is 47.1 Å². The van der Waals surface area contributed by atoms with Gasteiger partial charge in [0.2, 0.25) is 11.8 Å². The highest BCUT2D eigenvalue weighted by molar-refractivity contribution is 6.30. The number of fused-ring (bicyclic) bond motifs is 1. The second-order valence-corrected chi connectivity index (χ2v) is 9.06. The Morgan fingerprint density at radius 1 is 1.09 bits per heavy atom. The number of hydrogen-bond donors (Lipinski definition) is 2. The second kappa shape index (κ2) is 7.83. The second-order valence-electron chi connectivity index (χ2n) is 8.62. The molecule has 0 saturated carbocycles. The first-order valence-electron chi connectivity index (χ1n) is 10.3. The molecular weight excluding hydrogens is 432 g/mol. The maximum atomic E-state index is 13.6. The largest absolute Gasteiger partial charge is 0.480 e. The zero-order valence-electron chi connectivity index (χ0n) is 17.8. The van der Waals surface area contributed by atoms with E-state index in [0.29, 0.717) is 21.8 Å². The van der Waals surface area contributed by atoms with E-state index in [9.17, 15) is 24.3 Å². The zero-order chi connectivity index (χ0) is 23.4. The number of ketones is 1. The summed E-state index contributed by atoms with van der Waals surface area (Å²) in [4.78, 5) is 52.4. The van der Waals surface area contributed by atoms with Crippen LogP contribution >= 0.6 is 11.6 Å². The third kappa shape index (κ3) is 3.15. The Bertz CT molecular complexity index is 1130. The Hall–Kier alpha value is -3.03. The van der Waals surface area contributed by atoms with Crippen LogP contribution in [0.4, 0.5) is 5.69 Å². The average molecular weight is 455 g/mol. The van der Waals surface area contributed by atoms with E-state index in [2.05, 4.69) is 5.32 Å². The Balaban J connectivity index is 1.85. The molecule has 32 heavy (non-hydrogen) atoms. The molecule has 0 bridgehead atoms. The Labute approximate surface area is 190 Å². The van der Waals surface area contributed by atoms with Gasteiger partial charge in [-0.05, 0) is 54.8 Å². The van der Waals surface area contributed by atoms with E-state index in [4.69, 9.17) is 11.6 Å². The van der Waals surface area contributed by atoms with Gasteiger partial charge in [0.15, 0.2) is 5.78 Å². The molecular formula is C24H23ClN2O5. The molecule has 2 heterocycles. The lowest BCUT2D eigenvalue weighted by atomic mass is 9.73. The lowest BCUT2D eigenvalue weighted by molar-refractivity contribution is -0.151. The van der Waals surface area contributed by atoms with Crippen molar-refractivity contribution < 1.29 is 24.3 Å². The van der Waals surface area contributed by atoms with Crippen LogP contribution in [0.5, 0.6) is 0 Å². The van der Waals surface area contributed by atoms with E-state index >= 15 is 0 Å². The summed E-state index contributed by atoms with van der Waals surface area (Å²) in [6, 6.07) is 12.3. The van der Waals surface area contributed by atoms with Crippen molar-refractivity contribution in [3.05, 3.63) is 64.7 Å². The number of aliphatic carboxylic acids is 1. The molecule has 2 aliphatic rings. The van der Waals surface area contributed by atoms with Gasteiger partial charge < -0.3 is 5.11 Å². The number of benzene rings is 2. The number of carbonyl (C=O) groups excluding carboxylic acids is 3. The fourth-order valence-corrected chi connectivity index (χ4v) is 5.20. The molecule has 166 valence electrons. The highest BCUT2D eigenvalue weighted by Crippen LogP contribution is 2.52. The molecule has 0 spiro atoms. The molecule has 2 aromatic carbocycles. The van der Waals surface area contributed by atoms with Crippen LogP contribution < -0.4 is 10.2 Å². The Morgan fingerprint density at radius 3 is 2.28 bits per heavy atom. The van der Waals surface area contributed by atoms with Crippen LogP contribution in [0.15, 0.2) is 48.5 Å². The van der Waals surface area contributed by atoms with Crippen LogP contribution in [-0.2, 0) is 14.4 Å². The first kappa shape index (κ1) is 22.2. The number of carboxylic acids is 1. The van der Waals surface area contributed by atoms with Crippen molar-refractivity contribution in [1.82, 2.24) is 5.32 Å². The van der Waals surface area contributed by atoms with Crippen molar-refractivity contribution in [2.75, 3.05) is 4.90 Å². The number of nitrogens with zero attached hydrogens (tertiary/aromatic N) is 1. The van der Waals surface area contributed by atoms with E-state index in [1.54, 1.807) is 50.2 Å². The smallest absolute Gasteiger partial charge is 0.325 e. The molecule has 0 aromatic heterocycles. The minimum Gasteiger partial charge on any atom is -0.480 e. The monoisotopic (exact) mass is 454 g/mol. The summed E-state index contributed by atoms with van der Waals surface area (Å²) in [5.74, 6) is -4.84. The van der Waals surface area contributed by atoms with E-state index in [1.807, 2.05) is 0 Å². The summed E-state index contributed by atoms with van der Waals surface area (Å²) < 4.78 is 0. The highest BCUT2D eigenvalue weighted by atomic mass is 35.5. The normalized spacial score (nSPS) is 27.2. The molecule has 4 unspecified atom stereocenters. The highest BCUT2D eigenvalue weighted by Gasteiger charge is 2.69. The fraction of sp³-hybridized carbons (Fsp3) is 0.333. The number of hydrogen-bond acceptors (Lipinski definition) is 5. The van der Waals surface area contributed by atoms with Crippen LogP contribution in [0.1, 0.15) is 42.7 Å². The Kier molecular flexibility index (Phi) is 5.43. The number of nitrogens with one attached hydrogen (secondary N) is 1. The van der Waals surface area contributed by atoms with Crippen molar-refractivity contribution in [3.63, 3.8) is 0 Å². The van der Waals surface area contributed by atoms with Gasteiger partial charge in [-0.25, -0.2) is 4.90 Å². The first-order valence-corrected chi connectivity index (χ1v) is 10.7. The quantitative estimate of drug-likeness (QED) is 0.529. The predicted molar refractivity (Wildman–Crippen MR) is 118 cm³/mol. The molecule has 4 rings (SSSR count). The number of imide groups is 1. The molecule has 2 amide bonds. The maximum Gasteiger partial charge on any atom is 0.325 e. The molecule has 0 radical (unpaired) electrons. The minimum absolute atomic E-state index is 0.137. The molecule has 2 N–H and O–H groups in total. The summed E-state index contributed by atoms with van der Waals surface area (Å²) in [5, 5.41) is 13.8. The number of amides is 2. The molecule has 2 aliphatic heterocycles.